The molecule has 0 spiro atoms. The van der Waals surface area contributed by atoms with Crippen LogP contribution in [-0.4, -0.2) is 35.9 Å². The van der Waals surface area contributed by atoms with E-state index in [2.05, 4.69) is 11.8 Å². The molecule has 2 aromatic rings. The molecular weight excluding hydrogens is 388 g/mol. The fourth-order valence-corrected chi connectivity index (χ4v) is 4.20. The first kappa shape index (κ1) is 21.2. The minimum atomic E-state index is -0.264. The molecule has 31 heavy (non-hydrogen) atoms. The number of hydrogen-bond donors (Lipinski definition) is 0. The molecule has 4 rings (SSSR count). The molecule has 2 amide bonds. The van der Waals surface area contributed by atoms with Gasteiger partial charge in [-0.3, -0.25) is 9.59 Å². The van der Waals surface area contributed by atoms with Crippen LogP contribution in [0.3, 0.4) is 0 Å². The number of imide groups is 1. The molecule has 0 N–H and O–H groups in total. The van der Waals surface area contributed by atoms with Gasteiger partial charge in [0.2, 0.25) is 0 Å². The Morgan fingerprint density at radius 2 is 1.52 bits per heavy atom. The van der Waals surface area contributed by atoms with E-state index in [1.54, 1.807) is 12.1 Å². The van der Waals surface area contributed by atoms with Crippen molar-refractivity contribution in [3.63, 3.8) is 0 Å². The second-order valence-electron chi connectivity index (χ2n) is 8.87. The molecule has 2 aliphatic rings. The van der Waals surface area contributed by atoms with E-state index in [4.69, 9.17) is 4.74 Å². The lowest BCUT2D eigenvalue weighted by atomic mass is 9.97. The Morgan fingerprint density at radius 1 is 0.903 bits per heavy atom. The van der Waals surface area contributed by atoms with E-state index in [-0.39, 0.29) is 17.9 Å². The highest BCUT2D eigenvalue weighted by molar-refractivity contribution is 6.45. The number of carbonyl (C=O) groups is 2. The third-order valence-corrected chi connectivity index (χ3v) is 5.97. The summed E-state index contributed by atoms with van der Waals surface area (Å²) in [4.78, 5) is 30.6. The number of anilines is 1. The van der Waals surface area contributed by atoms with Crippen LogP contribution in [0.1, 0.15) is 44.7 Å². The summed E-state index contributed by atoms with van der Waals surface area (Å²) in [5, 5.41) is 0. The summed E-state index contributed by atoms with van der Waals surface area (Å²) < 4.78 is 5.71. The van der Waals surface area contributed by atoms with Crippen molar-refractivity contribution >= 4 is 23.1 Å². The van der Waals surface area contributed by atoms with Crippen LogP contribution in [-0.2, 0) is 9.59 Å². The van der Waals surface area contributed by atoms with Gasteiger partial charge in [0, 0.05) is 13.1 Å². The maximum Gasteiger partial charge on any atom is 0.282 e. The number of piperidine rings is 1. The highest BCUT2D eigenvalue weighted by atomic mass is 16.5. The topological polar surface area (TPSA) is 49.9 Å². The summed E-state index contributed by atoms with van der Waals surface area (Å²) in [5.74, 6) is 0.846. The second-order valence-corrected chi connectivity index (χ2v) is 8.87. The van der Waals surface area contributed by atoms with Crippen LogP contribution in [0.25, 0.3) is 5.57 Å². The zero-order valence-corrected chi connectivity index (χ0v) is 18.7. The van der Waals surface area contributed by atoms with Crippen molar-refractivity contribution < 1.29 is 14.3 Å². The number of likely N-dealkylation sites (tertiary alicyclic amines) is 1. The monoisotopic (exact) mass is 418 g/mol. The average molecular weight is 419 g/mol. The van der Waals surface area contributed by atoms with Gasteiger partial charge in [-0.25, -0.2) is 4.90 Å². The normalized spacial score (nSPS) is 17.8. The van der Waals surface area contributed by atoms with E-state index < -0.39 is 0 Å². The molecule has 2 aromatic carbocycles. The van der Waals surface area contributed by atoms with E-state index in [0.29, 0.717) is 22.9 Å². The van der Waals surface area contributed by atoms with Crippen LogP contribution >= 0.6 is 0 Å². The van der Waals surface area contributed by atoms with Crippen molar-refractivity contribution in [3.8, 4) is 5.75 Å². The van der Waals surface area contributed by atoms with Gasteiger partial charge in [0.1, 0.15) is 11.4 Å². The Bertz CT molecular complexity index is 998. The van der Waals surface area contributed by atoms with Crippen molar-refractivity contribution in [1.29, 1.82) is 0 Å². The molecule has 162 valence electrons. The summed E-state index contributed by atoms with van der Waals surface area (Å²) >= 11 is 0. The fourth-order valence-electron chi connectivity index (χ4n) is 4.20. The summed E-state index contributed by atoms with van der Waals surface area (Å²) in [6, 6.07) is 15.0. The van der Waals surface area contributed by atoms with Crippen molar-refractivity contribution in [3.05, 3.63) is 65.4 Å². The molecule has 1 fully saturated rings. The Kier molecular flexibility index (Phi) is 5.86. The lowest BCUT2D eigenvalue weighted by Crippen LogP contribution is -2.38. The largest absolute Gasteiger partial charge is 0.491 e. The van der Waals surface area contributed by atoms with Crippen molar-refractivity contribution in [2.24, 2.45) is 5.92 Å². The molecule has 0 aromatic heterocycles. The minimum Gasteiger partial charge on any atom is -0.491 e. The third-order valence-electron chi connectivity index (χ3n) is 5.97. The van der Waals surface area contributed by atoms with Gasteiger partial charge in [-0.2, -0.15) is 0 Å². The van der Waals surface area contributed by atoms with E-state index in [1.165, 1.54) is 4.90 Å². The highest BCUT2D eigenvalue weighted by Gasteiger charge is 2.42. The van der Waals surface area contributed by atoms with Gasteiger partial charge < -0.3 is 9.64 Å². The van der Waals surface area contributed by atoms with Gasteiger partial charge in [0.15, 0.2) is 0 Å². The SMILES string of the molecule is Cc1ccc(C2=C(N3CCC(C)CC3)C(=O)N(c3ccc(OC(C)C)cc3)C2=O)cc1. The van der Waals surface area contributed by atoms with Crippen LogP contribution < -0.4 is 9.64 Å². The molecule has 5 heteroatoms. The molecule has 0 atom stereocenters. The van der Waals surface area contributed by atoms with Gasteiger partial charge >= 0.3 is 0 Å². The molecule has 2 heterocycles. The average Bonchev–Trinajstić information content (AvgIpc) is 3.00. The summed E-state index contributed by atoms with van der Waals surface area (Å²) in [6.07, 6.45) is 2.10. The molecule has 0 unspecified atom stereocenters. The van der Waals surface area contributed by atoms with E-state index >= 15 is 0 Å². The number of amides is 2. The van der Waals surface area contributed by atoms with E-state index in [1.807, 2.05) is 57.2 Å². The summed E-state index contributed by atoms with van der Waals surface area (Å²) in [7, 11) is 0. The smallest absolute Gasteiger partial charge is 0.282 e. The number of hydrogen-bond acceptors (Lipinski definition) is 4. The van der Waals surface area contributed by atoms with E-state index in [9.17, 15) is 9.59 Å². The van der Waals surface area contributed by atoms with Gasteiger partial charge in [-0.15, -0.1) is 0 Å². The first-order valence-corrected chi connectivity index (χ1v) is 11.1. The third kappa shape index (κ3) is 4.22. The van der Waals surface area contributed by atoms with Gasteiger partial charge in [-0.1, -0.05) is 36.8 Å². The highest BCUT2D eigenvalue weighted by Crippen LogP contribution is 2.37. The minimum absolute atomic E-state index is 0.0591. The quantitative estimate of drug-likeness (QED) is 0.655. The van der Waals surface area contributed by atoms with Gasteiger partial charge in [-0.05, 0) is 69.4 Å². The predicted octanol–water partition coefficient (Wildman–Crippen LogP) is 4.80. The molecule has 0 aliphatic carbocycles. The lowest BCUT2D eigenvalue weighted by molar-refractivity contribution is -0.120. The molecule has 5 nitrogen and oxygen atoms in total. The standard InChI is InChI=1S/C26H30N2O3/c1-17(2)31-22-11-9-21(10-12-22)28-25(29)23(20-7-5-18(3)6-8-20)24(26(28)30)27-15-13-19(4)14-16-27/h5-12,17,19H,13-16H2,1-4H3. The first-order valence-electron chi connectivity index (χ1n) is 11.1. The molecule has 2 aliphatic heterocycles. The Morgan fingerprint density at radius 3 is 2.10 bits per heavy atom. The van der Waals surface area contributed by atoms with Crippen molar-refractivity contribution in [2.75, 3.05) is 18.0 Å². The van der Waals surface area contributed by atoms with Gasteiger partial charge in [0.05, 0.1) is 17.4 Å². The van der Waals surface area contributed by atoms with Crippen LogP contribution in [0, 0.1) is 12.8 Å². The van der Waals surface area contributed by atoms with Crippen LogP contribution in [0.15, 0.2) is 54.2 Å². The first-order chi connectivity index (χ1) is 14.8. The lowest BCUT2D eigenvalue weighted by Gasteiger charge is -2.32. The Hall–Kier alpha value is -3.08. The summed E-state index contributed by atoms with van der Waals surface area (Å²) in [5.41, 5.74) is 3.51. The summed E-state index contributed by atoms with van der Waals surface area (Å²) in [6.45, 7) is 9.76. The Balaban J connectivity index is 1.72. The molecule has 0 bridgehead atoms. The van der Waals surface area contributed by atoms with Crippen LogP contribution in [0.4, 0.5) is 5.69 Å². The number of rotatable bonds is 5. The fraction of sp³-hybridized carbons (Fsp3) is 0.385. The van der Waals surface area contributed by atoms with Crippen molar-refractivity contribution in [2.45, 2.75) is 46.6 Å². The molecular formula is C26H30N2O3. The number of ether oxygens (including phenoxy) is 1. The molecule has 0 saturated carbocycles. The predicted molar refractivity (Wildman–Crippen MR) is 123 cm³/mol. The number of nitrogens with zero attached hydrogens (tertiary/aromatic N) is 2. The molecule has 1 saturated heterocycles. The number of benzene rings is 2. The second kappa shape index (κ2) is 8.58. The molecule has 0 radical (unpaired) electrons. The van der Waals surface area contributed by atoms with Crippen LogP contribution in [0.2, 0.25) is 0 Å². The number of carbonyl (C=O) groups excluding carboxylic acids is 2. The van der Waals surface area contributed by atoms with Crippen molar-refractivity contribution in [1.82, 2.24) is 4.90 Å². The Labute approximate surface area is 184 Å². The maximum atomic E-state index is 13.6. The van der Waals surface area contributed by atoms with Gasteiger partial charge in [0.25, 0.3) is 11.8 Å². The number of aryl methyl sites for hydroxylation is 1. The van der Waals surface area contributed by atoms with E-state index in [0.717, 1.165) is 42.8 Å². The zero-order chi connectivity index (χ0) is 22.1. The maximum absolute atomic E-state index is 13.6. The zero-order valence-electron chi connectivity index (χ0n) is 18.7. The van der Waals surface area contributed by atoms with Crippen LogP contribution in [0.5, 0.6) is 5.75 Å².